The van der Waals surface area contributed by atoms with Crippen molar-refractivity contribution in [2.24, 2.45) is 0 Å². The van der Waals surface area contributed by atoms with Crippen molar-refractivity contribution in [3.05, 3.63) is 101 Å². The second kappa shape index (κ2) is 12.5. The highest BCUT2D eigenvalue weighted by Gasteiger charge is 2.27. The Labute approximate surface area is 206 Å². The molecule has 0 spiro atoms. The monoisotopic (exact) mass is 476 g/mol. The molecule has 1 N–H and O–H groups in total. The molecule has 1 aliphatic heterocycles. The molecule has 0 saturated carbocycles. The number of rotatable bonds is 11. The van der Waals surface area contributed by atoms with E-state index in [4.69, 9.17) is 9.47 Å². The molecule has 0 aromatic heterocycles. The number of nitrogens with zero attached hydrogens (tertiary/aromatic N) is 1. The van der Waals surface area contributed by atoms with Crippen LogP contribution in [-0.4, -0.2) is 42.7 Å². The topological polar surface area (TPSA) is 50.8 Å². The van der Waals surface area contributed by atoms with Crippen LogP contribution in [-0.2, 0) is 22.6 Å². The van der Waals surface area contributed by atoms with Crippen molar-refractivity contribution >= 4 is 5.91 Å². The van der Waals surface area contributed by atoms with Gasteiger partial charge in [-0.05, 0) is 43.0 Å². The lowest BCUT2D eigenvalue weighted by Gasteiger charge is -2.29. The third-order valence-electron chi connectivity index (χ3n) is 6.11. The van der Waals surface area contributed by atoms with E-state index in [2.05, 4.69) is 35.3 Å². The maximum Gasteiger partial charge on any atom is 0.262 e. The molecular formula is C29H33FN2O3. The number of aryl methyl sites for hydroxylation is 1. The SMILES string of the molecule is Cc1cccc(CN(CC2CCCO2)CC(Oc2ccccc2F)C(=O)NCc2ccccc2)c1. The first kappa shape index (κ1) is 24.9. The molecule has 184 valence electrons. The van der Waals surface area contributed by atoms with E-state index in [1.807, 2.05) is 36.4 Å². The summed E-state index contributed by atoms with van der Waals surface area (Å²) in [6.45, 7) is 4.83. The standard InChI is InChI=1S/C29H33FN2O3/c1-22-9-7-12-24(17-22)19-32(20-25-13-8-16-34-25)21-28(35-27-15-6-5-14-26(27)30)29(33)31-18-23-10-3-2-4-11-23/h2-7,9-12,14-15,17,25,28H,8,13,16,18-21H2,1H3,(H,31,33). The molecular weight excluding hydrogens is 443 g/mol. The number of carbonyl (C=O) groups excluding carboxylic acids is 1. The van der Waals surface area contributed by atoms with E-state index >= 15 is 0 Å². The van der Waals surface area contributed by atoms with Crippen LogP contribution in [0.15, 0.2) is 78.9 Å². The molecule has 0 aliphatic carbocycles. The van der Waals surface area contributed by atoms with Gasteiger partial charge in [0.2, 0.25) is 0 Å². The Kier molecular flexibility index (Phi) is 8.87. The number of carbonyl (C=O) groups is 1. The van der Waals surface area contributed by atoms with Crippen LogP contribution in [0, 0.1) is 12.7 Å². The summed E-state index contributed by atoms with van der Waals surface area (Å²) in [6.07, 6.45) is 1.25. The van der Waals surface area contributed by atoms with E-state index in [0.717, 1.165) is 30.6 Å². The van der Waals surface area contributed by atoms with Crippen LogP contribution < -0.4 is 10.1 Å². The molecule has 6 heteroatoms. The second-order valence-electron chi connectivity index (χ2n) is 9.06. The first-order chi connectivity index (χ1) is 17.1. The Bertz CT molecular complexity index is 1090. The predicted octanol–water partition coefficient (Wildman–Crippen LogP) is 4.88. The van der Waals surface area contributed by atoms with E-state index < -0.39 is 11.9 Å². The average molecular weight is 477 g/mol. The molecule has 2 atom stereocenters. The van der Waals surface area contributed by atoms with E-state index in [-0.39, 0.29) is 17.8 Å². The molecule has 0 bridgehead atoms. The van der Waals surface area contributed by atoms with Gasteiger partial charge in [-0.15, -0.1) is 0 Å². The van der Waals surface area contributed by atoms with Gasteiger partial charge < -0.3 is 14.8 Å². The van der Waals surface area contributed by atoms with E-state index in [1.54, 1.807) is 18.2 Å². The number of benzene rings is 3. The number of nitrogens with one attached hydrogen (secondary N) is 1. The first-order valence-electron chi connectivity index (χ1n) is 12.2. The quantitative estimate of drug-likeness (QED) is 0.429. The summed E-state index contributed by atoms with van der Waals surface area (Å²) in [5.41, 5.74) is 3.32. The summed E-state index contributed by atoms with van der Waals surface area (Å²) >= 11 is 0. The van der Waals surface area contributed by atoms with Crippen molar-refractivity contribution < 1.29 is 18.7 Å². The van der Waals surface area contributed by atoms with Gasteiger partial charge in [0.25, 0.3) is 5.91 Å². The molecule has 1 heterocycles. The van der Waals surface area contributed by atoms with Gasteiger partial charge in [0.15, 0.2) is 17.7 Å². The van der Waals surface area contributed by atoms with Crippen molar-refractivity contribution in [2.75, 3.05) is 19.7 Å². The smallest absolute Gasteiger partial charge is 0.262 e. The summed E-state index contributed by atoms with van der Waals surface area (Å²) in [6, 6.07) is 24.2. The fraction of sp³-hybridized carbons (Fsp3) is 0.345. The Morgan fingerprint density at radius 3 is 2.60 bits per heavy atom. The molecule has 3 aromatic carbocycles. The van der Waals surface area contributed by atoms with Gasteiger partial charge in [-0.1, -0.05) is 72.3 Å². The molecule has 1 fully saturated rings. The molecule has 3 aromatic rings. The fourth-order valence-electron chi connectivity index (χ4n) is 4.35. The highest BCUT2D eigenvalue weighted by molar-refractivity contribution is 5.81. The van der Waals surface area contributed by atoms with Crippen LogP contribution in [0.4, 0.5) is 4.39 Å². The highest BCUT2D eigenvalue weighted by atomic mass is 19.1. The summed E-state index contributed by atoms with van der Waals surface area (Å²) in [4.78, 5) is 15.5. The fourth-order valence-corrected chi connectivity index (χ4v) is 4.35. The van der Waals surface area contributed by atoms with Crippen molar-refractivity contribution in [1.29, 1.82) is 0 Å². The molecule has 0 radical (unpaired) electrons. The lowest BCUT2D eigenvalue weighted by atomic mass is 10.1. The number of ether oxygens (including phenoxy) is 2. The van der Waals surface area contributed by atoms with Gasteiger partial charge in [-0.3, -0.25) is 9.69 Å². The Morgan fingerprint density at radius 2 is 1.86 bits per heavy atom. The van der Waals surface area contributed by atoms with Gasteiger partial charge in [0.1, 0.15) is 0 Å². The van der Waals surface area contributed by atoms with Crippen LogP contribution in [0.3, 0.4) is 0 Å². The number of halogens is 1. The summed E-state index contributed by atoms with van der Waals surface area (Å²) in [7, 11) is 0. The Balaban J connectivity index is 1.52. The van der Waals surface area contributed by atoms with E-state index in [1.165, 1.54) is 11.6 Å². The molecule has 2 unspecified atom stereocenters. The van der Waals surface area contributed by atoms with E-state index in [9.17, 15) is 9.18 Å². The van der Waals surface area contributed by atoms with Crippen LogP contribution in [0.25, 0.3) is 0 Å². The zero-order valence-corrected chi connectivity index (χ0v) is 20.2. The number of para-hydroxylation sites is 1. The number of hydrogen-bond donors (Lipinski definition) is 1. The number of hydrogen-bond acceptors (Lipinski definition) is 4. The minimum Gasteiger partial charge on any atom is -0.476 e. The zero-order chi connectivity index (χ0) is 24.5. The average Bonchev–Trinajstić information content (AvgIpc) is 3.37. The second-order valence-corrected chi connectivity index (χ2v) is 9.06. The predicted molar refractivity (Wildman–Crippen MR) is 135 cm³/mol. The van der Waals surface area contributed by atoms with Crippen LogP contribution >= 0.6 is 0 Å². The highest BCUT2D eigenvalue weighted by Crippen LogP contribution is 2.20. The summed E-state index contributed by atoms with van der Waals surface area (Å²) < 4.78 is 26.3. The molecule has 5 nitrogen and oxygen atoms in total. The summed E-state index contributed by atoms with van der Waals surface area (Å²) in [5, 5.41) is 2.97. The maximum absolute atomic E-state index is 14.4. The minimum atomic E-state index is -0.887. The molecule has 1 saturated heterocycles. The Hall–Kier alpha value is -3.22. The van der Waals surface area contributed by atoms with Crippen LogP contribution in [0.2, 0.25) is 0 Å². The third-order valence-corrected chi connectivity index (χ3v) is 6.11. The maximum atomic E-state index is 14.4. The van der Waals surface area contributed by atoms with Gasteiger partial charge >= 0.3 is 0 Å². The van der Waals surface area contributed by atoms with Crippen LogP contribution in [0.1, 0.15) is 29.5 Å². The van der Waals surface area contributed by atoms with Gasteiger partial charge in [0, 0.05) is 32.8 Å². The first-order valence-corrected chi connectivity index (χ1v) is 12.2. The van der Waals surface area contributed by atoms with Crippen molar-refractivity contribution in [3.63, 3.8) is 0 Å². The lowest BCUT2D eigenvalue weighted by Crippen LogP contribution is -2.47. The van der Waals surface area contributed by atoms with Crippen molar-refractivity contribution in [3.8, 4) is 5.75 Å². The van der Waals surface area contributed by atoms with E-state index in [0.29, 0.717) is 26.2 Å². The van der Waals surface area contributed by atoms with Crippen LogP contribution in [0.5, 0.6) is 5.75 Å². The molecule has 1 amide bonds. The molecule has 1 aliphatic rings. The number of amides is 1. The molecule has 35 heavy (non-hydrogen) atoms. The molecule has 4 rings (SSSR count). The summed E-state index contributed by atoms with van der Waals surface area (Å²) in [5.74, 6) is -0.698. The lowest BCUT2D eigenvalue weighted by molar-refractivity contribution is -0.129. The van der Waals surface area contributed by atoms with Gasteiger partial charge in [-0.25, -0.2) is 4.39 Å². The zero-order valence-electron chi connectivity index (χ0n) is 20.2. The third kappa shape index (κ3) is 7.64. The van der Waals surface area contributed by atoms with Gasteiger partial charge in [0.05, 0.1) is 6.10 Å². The minimum absolute atomic E-state index is 0.0694. The normalized spacial score (nSPS) is 16.3. The Morgan fingerprint density at radius 1 is 1.09 bits per heavy atom. The van der Waals surface area contributed by atoms with Gasteiger partial charge in [-0.2, -0.15) is 0 Å². The van der Waals surface area contributed by atoms with Crippen molar-refractivity contribution in [1.82, 2.24) is 10.2 Å². The largest absolute Gasteiger partial charge is 0.476 e. The van der Waals surface area contributed by atoms with Crippen molar-refractivity contribution in [2.45, 2.75) is 45.1 Å².